The van der Waals surface area contributed by atoms with E-state index in [0.717, 1.165) is 25.7 Å². The van der Waals surface area contributed by atoms with Gasteiger partial charge in [-0.05, 0) is 38.2 Å². The number of aryl methyl sites for hydroxylation is 1. The van der Waals surface area contributed by atoms with Crippen LogP contribution in [0, 0.1) is 0 Å². The highest BCUT2D eigenvalue weighted by molar-refractivity contribution is 5.19. The highest BCUT2D eigenvalue weighted by Gasteiger charge is 2.00. The third-order valence-corrected chi connectivity index (χ3v) is 2.66. The first-order valence-corrected chi connectivity index (χ1v) is 6.09. The summed E-state index contributed by atoms with van der Waals surface area (Å²) in [6.07, 6.45) is 3.96. The molecule has 0 spiro atoms. The maximum absolute atomic E-state index is 4.13. The summed E-state index contributed by atoms with van der Waals surface area (Å²) in [5, 5.41) is 0. The van der Waals surface area contributed by atoms with Crippen molar-refractivity contribution in [3.05, 3.63) is 72.4 Å². The smallest absolute Gasteiger partial charge is 0.0111 e. The van der Waals surface area contributed by atoms with Gasteiger partial charge in [0.2, 0.25) is 0 Å². The summed E-state index contributed by atoms with van der Waals surface area (Å²) in [4.78, 5) is 0. The van der Waals surface area contributed by atoms with Crippen LogP contribution in [0.3, 0.4) is 0 Å². The molecule has 90 valence electrons. The lowest BCUT2D eigenvalue weighted by atomic mass is 9.97. The van der Waals surface area contributed by atoms with E-state index in [4.69, 9.17) is 0 Å². The zero-order valence-electron chi connectivity index (χ0n) is 10.8. The molecule has 0 aliphatic heterocycles. The normalized spacial score (nSPS) is 9.94. The highest BCUT2D eigenvalue weighted by atomic mass is 14.1. The largest absolute Gasteiger partial charge is 0.0998 e. The Balaban J connectivity index is 2.31. The maximum atomic E-state index is 4.13. The van der Waals surface area contributed by atoms with Crippen LogP contribution in [0.4, 0.5) is 0 Å². The predicted molar refractivity (Wildman–Crippen MR) is 77.1 cm³/mol. The van der Waals surface area contributed by atoms with Crippen LogP contribution in [0.1, 0.15) is 31.7 Å². The fraction of sp³-hybridized carbons (Fsp3) is 0.294. The third-order valence-electron chi connectivity index (χ3n) is 2.66. The lowest BCUT2D eigenvalue weighted by Crippen LogP contribution is -1.91. The van der Waals surface area contributed by atoms with Crippen LogP contribution in [-0.2, 0) is 6.42 Å². The van der Waals surface area contributed by atoms with Crippen LogP contribution in [-0.4, -0.2) is 0 Å². The van der Waals surface area contributed by atoms with Gasteiger partial charge >= 0.3 is 0 Å². The Morgan fingerprint density at radius 2 is 1.59 bits per heavy atom. The molecule has 0 atom stereocenters. The van der Waals surface area contributed by atoms with Crippen molar-refractivity contribution in [2.75, 3.05) is 0 Å². The van der Waals surface area contributed by atoms with Gasteiger partial charge in [0.25, 0.3) is 0 Å². The maximum Gasteiger partial charge on any atom is -0.0111 e. The molecule has 0 saturated heterocycles. The number of allylic oxidation sites excluding steroid dienone is 3. The number of benzene rings is 1. The number of rotatable bonds is 7. The second kappa shape index (κ2) is 6.90. The molecule has 0 heterocycles. The van der Waals surface area contributed by atoms with Gasteiger partial charge < -0.3 is 0 Å². The van der Waals surface area contributed by atoms with Crippen molar-refractivity contribution >= 4 is 0 Å². The van der Waals surface area contributed by atoms with Gasteiger partial charge in [0.05, 0.1) is 0 Å². The second-order valence-electron chi connectivity index (χ2n) is 4.80. The molecule has 1 aromatic carbocycles. The first-order valence-electron chi connectivity index (χ1n) is 6.09. The standard InChI is InChI=1S/C17H22/c1-14(2)12-16(4)13-15(3)10-11-17-8-6-5-7-9-17/h5-9H,1,3-4,10-13H2,2H3. The zero-order chi connectivity index (χ0) is 12.7. The fourth-order valence-electron chi connectivity index (χ4n) is 1.90. The van der Waals surface area contributed by atoms with Crippen molar-refractivity contribution in [3.63, 3.8) is 0 Å². The van der Waals surface area contributed by atoms with Crippen LogP contribution in [0.25, 0.3) is 0 Å². The predicted octanol–water partition coefficient (Wildman–Crippen LogP) is 5.09. The van der Waals surface area contributed by atoms with E-state index in [1.165, 1.54) is 22.3 Å². The summed E-state index contributed by atoms with van der Waals surface area (Å²) in [5.41, 5.74) is 5.03. The monoisotopic (exact) mass is 226 g/mol. The van der Waals surface area contributed by atoms with Gasteiger partial charge in [0.15, 0.2) is 0 Å². The first-order chi connectivity index (χ1) is 8.08. The first kappa shape index (κ1) is 13.5. The molecule has 0 aromatic heterocycles. The fourth-order valence-corrected chi connectivity index (χ4v) is 1.90. The van der Waals surface area contributed by atoms with Crippen molar-refractivity contribution < 1.29 is 0 Å². The number of hydrogen-bond donors (Lipinski definition) is 0. The van der Waals surface area contributed by atoms with Gasteiger partial charge in [-0.1, -0.05) is 66.8 Å². The Hall–Kier alpha value is -1.56. The summed E-state index contributed by atoms with van der Waals surface area (Å²) in [6, 6.07) is 10.5. The molecule has 17 heavy (non-hydrogen) atoms. The average molecular weight is 226 g/mol. The Labute approximate surface area is 105 Å². The van der Waals surface area contributed by atoms with E-state index in [1.807, 2.05) is 13.0 Å². The topological polar surface area (TPSA) is 0 Å². The Morgan fingerprint density at radius 3 is 2.18 bits per heavy atom. The van der Waals surface area contributed by atoms with Crippen molar-refractivity contribution in [2.24, 2.45) is 0 Å². The van der Waals surface area contributed by atoms with E-state index >= 15 is 0 Å². The van der Waals surface area contributed by atoms with Crippen molar-refractivity contribution in [3.8, 4) is 0 Å². The zero-order valence-corrected chi connectivity index (χ0v) is 10.8. The van der Waals surface area contributed by atoms with E-state index in [1.54, 1.807) is 0 Å². The molecule has 0 unspecified atom stereocenters. The molecule has 0 saturated carbocycles. The van der Waals surface area contributed by atoms with Crippen LogP contribution in [0.15, 0.2) is 66.8 Å². The van der Waals surface area contributed by atoms with Crippen LogP contribution in [0.5, 0.6) is 0 Å². The van der Waals surface area contributed by atoms with Crippen LogP contribution < -0.4 is 0 Å². The average Bonchev–Trinajstić information content (AvgIpc) is 2.26. The molecule has 0 N–H and O–H groups in total. The lowest BCUT2D eigenvalue weighted by molar-refractivity contribution is 0.883. The molecule has 0 radical (unpaired) electrons. The van der Waals surface area contributed by atoms with E-state index in [0.29, 0.717) is 0 Å². The van der Waals surface area contributed by atoms with E-state index in [-0.39, 0.29) is 0 Å². The SMILES string of the molecule is C=C(C)CC(=C)CC(=C)CCc1ccccc1. The molecule has 0 bridgehead atoms. The van der Waals surface area contributed by atoms with Gasteiger partial charge in [-0.2, -0.15) is 0 Å². The van der Waals surface area contributed by atoms with Gasteiger partial charge in [-0.15, -0.1) is 0 Å². The number of hydrogen-bond acceptors (Lipinski definition) is 0. The highest BCUT2D eigenvalue weighted by Crippen LogP contribution is 2.18. The van der Waals surface area contributed by atoms with Crippen LogP contribution >= 0.6 is 0 Å². The minimum atomic E-state index is 0.921. The molecule has 0 heteroatoms. The van der Waals surface area contributed by atoms with Gasteiger partial charge in [-0.3, -0.25) is 0 Å². The molecular weight excluding hydrogens is 204 g/mol. The molecule has 0 fully saturated rings. The quantitative estimate of drug-likeness (QED) is 0.568. The van der Waals surface area contributed by atoms with Gasteiger partial charge in [0.1, 0.15) is 0 Å². The second-order valence-corrected chi connectivity index (χ2v) is 4.80. The van der Waals surface area contributed by atoms with E-state index in [9.17, 15) is 0 Å². The minimum absolute atomic E-state index is 0.921. The molecule has 0 nitrogen and oxygen atoms in total. The van der Waals surface area contributed by atoms with Crippen molar-refractivity contribution in [1.29, 1.82) is 0 Å². The molecule has 1 aromatic rings. The summed E-state index contributed by atoms with van der Waals surface area (Å²) < 4.78 is 0. The Bertz CT molecular complexity index is 395. The molecule has 1 rings (SSSR count). The van der Waals surface area contributed by atoms with Crippen molar-refractivity contribution in [2.45, 2.75) is 32.6 Å². The van der Waals surface area contributed by atoms with Gasteiger partial charge in [-0.25, -0.2) is 0 Å². The molecule has 0 aliphatic carbocycles. The summed E-state index contributed by atoms with van der Waals surface area (Å²) in [7, 11) is 0. The molecule has 0 aliphatic rings. The molecular formula is C17H22. The summed E-state index contributed by atoms with van der Waals surface area (Å²) in [5.74, 6) is 0. The third kappa shape index (κ3) is 5.91. The van der Waals surface area contributed by atoms with Gasteiger partial charge in [0, 0.05) is 0 Å². The summed E-state index contributed by atoms with van der Waals surface area (Å²) >= 11 is 0. The Kier molecular flexibility index (Phi) is 5.48. The van der Waals surface area contributed by atoms with E-state index < -0.39 is 0 Å². The lowest BCUT2D eigenvalue weighted by Gasteiger charge is -2.08. The molecule has 0 amide bonds. The minimum Gasteiger partial charge on any atom is -0.0998 e. The Morgan fingerprint density at radius 1 is 0.941 bits per heavy atom. The summed E-state index contributed by atoms with van der Waals surface area (Å²) in [6.45, 7) is 14.1. The van der Waals surface area contributed by atoms with E-state index in [2.05, 4.69) is 44.0 Å². The van der Waals surface area contributed by atoms with Crippen molar-refractivity contribution in [1.82, 2.24) is 0 Å². The van der Waals surface area contributed by atoms with Crippen LogP contribution in [0.2, 0.25) is 0 Å².